The van der Waals surface area contributed by atoms with Crippen molar-refractivity contribution in [1.29, 1.82) is 0 Å². The number of hydrazone groups is 1. The normalized spacial score (nSPS) is 13.8. The lowest BCUT2D eigenvalue weighted by molar-refractivity contribution is -0.122. The highest BCUT2D eigenvalue weighted by Crippen LogP contribution is 2.25. The summed E-state index contributed by atoms with van der Waals surface area (Å²) in [6.07, 6.45) is 5.23. The molecule has 0 radical (unpaired) electrons. The minimum atomic E-state index is -0.680. The minimum absolute atomic E-state index is 0.0387. The standard InChI is InChI=1S/C37H39N9O5/c1-3-6-27-9-5-10-28(35(27)48)19-39-42-33(47)23-45-15-13-44(14-16-45)20-25-7-4-8-26(17-25)21-46-22-31(41-43-46)36(49)40-34-24(2)30-12-11-29(38)18-32(30)51-37(34)50/h3-5,7-12,17-19,22,48H,1,6,13-16,20-21,23,38H2,2H3,(H,40,49)(H,42,47). The van der Waals surface area contributed by atoms with Crippen molar-refractivity contribution in [2.75, 3.05) is 43.8 Å². The number of benzene rings is 3. The Morgan fingerprint density at radius 3 is 2.57 bits per heavy atom. The molecular formula is C37H39N9O5. The van der Waals surface area contributed by atoms with Gasteiger partial charge in [-0.05, 0) is 53.8 Å². The number of nitrogens with zero attached hydrogens (tertiary/aromatic N) is 6. The number of carbonyl (C=O) groups is 2. The lowest BCUT2D eigenvalue weighted by Gasteiger charge is -2.34. The predicted octanol–water partition coefficient (Wildman–Crippen LogP) is 3.28. The van der Waals surface area contributed by atoms with E-state index in [1.165, 1.54) is 12.4 Å². The lowest BCUT2D eigenvalue weighted by Crippen LogP contribution is -2.48. The number of hydrogen-bond donors (Lipinski definition) is 4. The van der Waals surface area contributed by atoms with E-state index in [0.717, 1.165) is 49.4 Å². The van der Waals surface area contributed by atoms with E-state index in [4.69, 9.17) is 10.2 Å². The number of carbonyl (C=O) groups excluding carboxylic acids is 2. The van der Waals surface area contributed by atoms with Gasteiger partial charge in [0.05, 0.1) is 25.5 Å². The highest BCUT2D eigenvalue weighted by Gasteiger charge is 2.20. The van der Waals surface area contributed by atoms with E-state index in [1.807, 2.05) is 24.3 Å². The highest BCUT2D eigenvalue weighted by atomic mass is 16.4. The van der Waals surface area contributed by atoms with Gasteiger partial charge in [-0.1, -0.05) is 47.7 Å². The number of piperazine rings is 1. The van der Waals surface area contributed by atoms with Crippen molar-refractivity contribution in [1.82, 2.24) is 30.2 Å². The number of anilines is 2. The van der Waals surface area contributed by atoms with Gasteiger partial charge in [0.1, 0.15) is 17.0 Å². The van der Waals surface area contributed by atoms with Gasteiger partial charge in [0, 0.05) is 55.4 Å². The van der Waals surface area contributed by atoms with Gasteiger partial charge in [0.25, 0.3) is 11.8 Å². The minimum Gasteiger partial charge on any atom is -0.507 e. The molecule has 1 aliphatic rings. The smallest absolute Gasteiger partial charge is 0.360 e. The Labute approximate surface area is 293 Å². The number of phenolic OH excluding ortho intramolecular Hbond substituents is 1. The van der Waals surface area contributed by atoms with Crippen LogP contribution in [0.3, 0.4) is 0 Å². The van der Waals surface area contributed by atoms with Crippen molar-refractivity contribution in [3.8, 4) is 5.75 Å². The molecule has 5 N–H and O–H groups in total. The summed E-state index contributed by atoms with van der Waals surface area (Å²) in [5, 5.41) is 25.8. The average Bonchev–Trinajstić information content (AvgIpc) is 3.58. The van der Waals surface area contributed by atoms with E-state index in [2.05, 4.69) is 54.7 Å². The number of allylic oxidation sites excluding steroid dienone is 1. The maximum atomic E-state index is 13.0. The maximum absolute atomic E-state index is 13.0. The van der Waals surface area contributed by atoms with Gasteiger partial charge in [0.15, 0.2) is 5.69 Å². The SMILES string of the molecule is C=CCc1cccc(C=NNC(=O)CN2CCN(Cc3cccc(Cn4cc(C(=O)Nc5c(C)c6ccc(N)cc6oc5=O)nn4)c3)CC2)c1O. The Morgan fingerprint density at radius 1 is 1.04 bits per heavy atom. The summed E-state index contributed by atoms with van der Waals surface area (Å²) in [5.74, 6) is -0.666. The van der Waals surface area contributed by atoms with E-state index in [-0.39, 0.29) is 29.6 Å². The summed E-state index contributed by atoms with van der Waals surface area (Å²) in [7, 11) is 0. The zero-order chi connectivity index (χ0) is 35.9. The molecule has 14 nitrogen and oxygen atoms in total. The van der Waals surface area contributed by atoms with E-state index in [1.54, 1.807) is 41.9 Å². The van der Waals surface area contributed by atoms with Crippen LogP contribution in [0.2, 0.25) is 0 Å². The third-order valence-electron chi connectivity index (χ3n) is 8.68. The Hall–Kier alpha value is -6.12. The molecule has 1 fully saturated rings. The van der Waals surface area contributed by atoms with Crippen molar-refractivity contribution in [2.24, 2.45) is 5.10 Å². The zero-order valence-corrected chi connectivity index (χ0v) is 28.2. The number of rotatable bonds is 12. The molecule has 14 heteroatoms. The third-order valence-corrected chi connectivity index (χ3v) is 8.68. The van der Waals surface area contributed by atoms with Crippen molar-refractivity contribution in [3.63, 3.8) is 0 Å². The van der Waals surface area contributed by atoms with Gasteiger partial charge in [0.2, 0.25) is 0 Å². The molecule has 262 valence electrons. The number of fused-ring (bicyclic) bond motifs is 1. The van der Waals surface area contributed by atoms with Crippen molar-refractivity contribution in [3.05, 3.63) is 123 Å². The molecule has 2 amide bonds. The molecule has 0 aliphatic carbocycles. The monoisotopic (exact) mass is 689 g/mol. The average molecular weight is 690 g/mol. The second-order valence-corrected chi connectivity index (χ2v) is 12.4. The number of hydrogen-bond acceptors (Lipinski definition) is 11. The number of nitrogens with two attached hydrogens (primary N) is 1. The number of aromatic hydroxyl groups is 1. The fraction of sp³-hybridized carbons (Fsp3) is 0.243. The molecule has 51 heavy (non-hydrogen) atoms. The third kappa shape index (κ3) is 8.55. The van der Waals surface area contributed by atoms with Crippen molar-refractivity contribution < 1.29 is 19.1 Å². The molecule has 3 heterocycles. The quantitative estimate of drug-likeness (QED) is 0.0499. The summed E-state index contributed by atoms with van der Waals surface area (Å²) in [5.41, 5.74) is 12.6. The van der Waals surface area contributed by atoms with E-state index in [0.29, 0.717) is 40.7 Å². The van der Waals surface area contributed by atoms with Crippen LogP contribution in [0, 0.1) is 6.92 Å². The van der Waals surface area contributed by atoms with Gasteiger partial charge in [-0.15, -0.1) is 11.7 Å². The summed E-state index contributed by atoms with van der Waals surface area (Å²) in [4.78, 5) is 42.5. The molecule has 6 rings (SSSR count). The molecule has 0 bridgehead atoms. The first-order chi connectivity index (χ1) is 24.7. The van der Waals surface area contributed by atoms with Crippen LogP contribution in [0.5, 0.6) is 5.75 Å². The fourth-order valence-corrected chi connectivity index (χ4v) is 6.00. The highest BCUT2D eigenvalue weighted by molar-refractivity contribution is 6.04. The van der Waals surface area contributed by atoms with Crippen molar-refractivity contribution in [2.45, 2.75) is 26.4 Å². The van der Waals surface area contributed by atoms with Crippen LogP contribution in [-0.4, -0.2) is 80.7 Å². The zero-order valence-electron chi connectivity index (χ0n) is 28.2. The van der Waals surface area contributed by atoms with Crippen LogP contribution >= 0.6 is 0 Å². The maximum Gasteiger partial charge on any atom is 0.360 e. The summed E-state index contributed by atoms with van der Waals surface area (Å²) < 4.78 is 6.94. The molecule has 0 atom stereocenters. The number of nitrogen functional groups attached to an aromatic ring is 1. The number of para-hydroxylation sites is 1. The van der Waals surface area contributed by atoms with Crippen LogP contribution in [0.4, 0.5) is 11.4 Å². The first-order valence-electron chi connectivity index (χ1n) is 16.5. The summed E-state index contributed by atoms with van der Waals surface area (Å²) in [6, 6.07) is 18.5. The molecule has 0 unspecified atom stereocenters. The number of nitrogens with one attached hydrogen (secondary N) is 2. The molecule has 0 saturated carbocycles. The number of amides is 2. The van der Waals surface area contributed by atoms with Gasteiger partial charge < -0.3 is 20.6 Å². The Balaban J connectivity index is 0.974. The lowest BCUT2D eigenvalue weighted by atomic mass is 10.1. The van der Waals surface area contributed by atoms with E-state index < -0.39 is 11.5 Å². The predicted molar refractivity (Wildman–Crippen MR) is 195 cm³/mol. The Morgan fingerprint density at radius 2 is 1.78 bits per heavy atom. The second-order valence-electron chi connectivity index (χ2n) is 12.4. The first-order valence-corrected chi connectivity index (χ1v) is 16.5. The van der Waals surface area contributed by atoms with Gasteiger partial charge in [-0.3, -0.25) is 19.4 Å². The van der Waals surface area contributed by atoms with Crippen LogP contribution in [0.1, 0.15) is 38.3 Å². The molecule has 0 spiro atoms. The van der Waals surface area contributed by atoms with Gasteiger partial charge >= 0.3 is 5.63 Å². The number of aromatic nitrogens is 3. The Bertz CT molecular complexity index is 2170. The number of aryl methyl sites for hydroxylation is 1. The Kier molecular flexibility index (Phi) is 10.6. The fourth-order valence-electron chi connectivity index (χ4n) is 6.00. The van der Waals surface area contributed by atoms with Gasteiger partial charge in [-0.25, -0.2) is 14.9 Å². The summed E-state index contributed by atoms with van der Waals surface area (Å²) >= 11 is 0. The van der Waals surface area contributed by atoms with Crippen LogP contribution < -0.4 is 22.1 Å². The van der Waals surface area contributed by atoms with Crippen LogP contribution in [-0.2, 0) is 24.3 Å². The van der Waals surface area contributed by atoms with Gasteiger partial charge in [-0.2, -0.15) is 5.10 Å². The first kappa shape index (κ1) is 34.7. The van der Waals surface area contributed by atoms with E-state index >= 15 is 0 Å². The molecule has 5 aromatic rings. The van der Waals surface area contributed by atoms with Crippen LogP contribution in [0.25, 0.3) is 11.0 Å². The largest absolute Gasteiger partial charge is 0.507 e. The summed E-state index contributed by atoms with van der Waals surface area (Å²) in [6.45, 7) is 9.88. The van der Waals surface area contributed by atoms with E-state index in [9.17, 15) is 19.5 Å². The second kappa shape index (κ2) is 15.6. The number of phenols is 1. The molecule has 1 aliphatic heterocycles. The molecule has 3 aromatic carbocycles. The van der Waals surface area contributed by atoms with Crippen LogP contribution in [0.15, 0.2) is 93.8 Å². The topological polar surface area (TPSA) is 184 Å². The molecular weight excluding hydrogens is 650 g/mol. The molecule has 1 saturated heterocycles. The van der Waals surface area contributed by atoms with Crippen molar-refractivity contribution >= 4 is 40.4 Å². The molecule has 2 aromatic heterocycles.